The third kappa shape index (κ3) is 1.86. The minimum absolute atomic E-state index is 0.717. The number of hydrogen-bond acceptors (Lipinski definition) is 3. The molecule has 0 aromatic rings. The van der Waals surface area contributed by atoms with Crippen molar-refractivity contribution in [2.75, 3.05) is 19.6 Å². The Bertz CT molecular complexity index is 225. The van der Waals surface area contributed by atoms with Gasteiger partial charge in [0.1, 0.15) is 0 Å². The lowest BCUT2D eigenvalue weighted by Gasteiger charge is -2.29. The van der Waals surface area contributed by atoms with Crippen molar-refractivity contribution in [2.45, 2.75) is 39.2 Å². The maximum atomic E-state index is 4.58. The first-order valence-corrected chi connectivity index (χ1v) is 5.86. The first-order valence-electron chi connectivity index (χ1n) is 5.86. The van der Waals surface area contributed by atoms with Gasteiger partial charge in [-0.1, -0.05) is 13.8 Å². The molecule has 2 aliphatic heterocycles. The highest BCUT2D eigenvalue weighted by atomic mass is 15.3. The Labute approximate surface area is 86.6 Å². The van der Waals surface area contributed by atoms with Gasteiger partial charge in [-0.2, -0.15) is 0 Å². The van der Waals surface area contributed by atoms with Gasteiger partial charge >= 0.3 is 0 Å². The average Bonchev–Trinajstić information content (AvgIpc) is 2.61. The quantitative estimate of drug-likeness (QED) is 0.686. The zero-order valence-corrected chi connectivity index (χ0v) is 9.29. The number of rotatable bonds is 1. The molecule has 3 nitrogen and oxygen atoms in total. The molecule has 0 amide bonds. The number of hydrogen-bond donors (Lipinski definition) is 1. The van der Waals surface area contributed by atoms with Gasteiger partial charge in [0.15, 0.2) is 5.96 Å². The van der Waals surface area contributed by atoms with Crippen molar-refractivity contribution in [1.82, 2.24) is 10.2 Å². The van der Waals surface area contributed by atoms with E-state index in [2.05, 4.69) is 29.1 Å². The van der Waals surface area contributed by atoms with Crippen molar-refractivity contribution in [1.29, 1.82) is 0 Å². The Morgan fingerprint density at radius 2 is 2.43 bits per heavy atom. The molecule has 2 aliphatic rings. The number of guanidine groups is 1. The van der Waals surface area contributed by atoms with E-state index in [1.807, 2.05) is 0 Å². The van der Waals surface area contributed by atoms with Crippen LogP contribution < -0.4 is 5.32 Å². The first-order chi connectivity index (χ1) is 6.81. The summed E-state index contributed by atoms with van der Waals surface area (Å²) in [6.07, 6.45) is 3.76. The van der Waals surface area contributed by atoms with Crippen molar-refractivity contribution in [2.24, 2.45) is 10.9 Å². The topological polar surface area (TPSA) is 27.6 Å². The molecule has 0 aliphatic carbocycles. The molecule has 1 fully saturated rings. The largest absolute Gasteiger partial charge is 0.356 e. The van der Waals surface area contributed by atoms with Crippen LogP contribution in [0.4, 0.5) is 0 Å². The third-order valence-electron chi connectivity index (χ3n) is 3.25. The van der Waals surface area contributed by atoms with Gasteiger partial charge in [0, 0.05) is 25.7 Å². The second kappa shape index (κ2) is 4.20. The predicted molar refractivity (Wildman–Crippen MR) is 59.5 cm³/mol. The van der Waals surface area contributed by atoms with E-state index in [0.29, 0.717) is 6.04 Å². The molecule has 3 heteroatoms. The van der Waals surface area contributed by atoms with E-state index in [1.165, 1.54) is 25.8 Å². The molecule has 2 unspecified atom stereocenters. The summed E-state index contributed by atoms with van der Waals surface area (Å²) in [6.45, 7) is 7.90. The second-order valence-corrected chi connectivity index (χ2v) is 4.54. The van der Waals surface area contributed by atoms with Crippen LogP contribution in [0.2, 0.25) is 0 Å². The maximum absolute atomic E-state index is 4.58. The van der Waals surface area contributed by atoms with Crippen LogP contribution in [0, 0.1) is 5.92 Å². The molecule has 1 N–H and O–H groups in total. The van der Waals surface area contributed by atoms with Gasteiger partial charge in [-0.15, -0.1) is 0 Å². The molecule has 0 aromatic carbocycles. The van der Waals surface area contributed by atoms with Gasteiger partial charge in [-0.3, -0.25) is 4.99 Å². The monoisotopic (exact) mass is 195 g/mol. The summed E-state index contributed by atoms with van der Waals surface area (Å²) in [5.74, 6) is 1.99. The van der Waals surface area contributed by atoms with Crippen LogP contribution in [-0.2, 0) is 0 Å². The molecular formula is C11H21N3. The summed E-state index contributed by atoms with van der Waals surface area (Å²) in [4.78, 5) is 7.05. The van der Waals surface area contributed by atoms with Crippen LogP contribution in [0.25, 0.3) is 0 Å². The number of nitrogens with zero attached hydrogens (tertiary/aromatic N) is 2. The van der Waals surface area contributed by atoms with E-state index in [1.54, 1.807) is 0 Å². The smallest absolute Gasteiger partial charge is 0.194 e. The van der Waals surface area contributed by atoms with E-state index in [9.17, 15) is 0 Å². The van der Waals surface area contributed by atoms with E-state index < -0.39 is 0 Å². The molecule has 0 bridgehead atoms. The molecule has 14 heavy (non-hydrogen) atoms. The minimum Gasteiger partial charge on any atom is -0.356 e. The van der Waals surface area contributed by atoms with Crippen LogP contribution in [-0.4, -0.2) is 36.5 Å². The standard InChI is InChI=1S/C11H21N3/c1-3-10-7-9(2)8-14(10)11-12-5-4-6-13-11/h9-10H,3-8H2,1-2H3,(H,12,13). The Hall–Kier alpha value is -0.730. The highest BCUT2D eigenvalue weighted by molar-refractivity contribution is 5.81. The Kier molecular flexibility index (Phi) is 2.94. The molecule has 0 saturated carbocycles. The fourth-order valence-corrected chi connectivity index (χ4v) is 2.51. The molecule has 0 spiro atoms. The molecule has 80 valence electrons. The predicted octanol–water partition coefficient (Wildman–Crippen LogP) is 1.46. The molecule has 2 heterocycles. The third-order valence-corrected chi connectivity index (χ3v) is 3.25. The van der Waals surface area contributed by atoms with Gasteiger partial charge in [0.2, 0.25) is 0 Å². The first kappa shape index (κ1) is 9.81. The number of aliphatic imine (C=N–C) groups is 1. The van der Waals surface area contributed by atoms with Crippen molar-refractivity contribution in [3.63, 3.8) is 0 Å². The molecule has 2 rings (SSSR count). The number of likely N-dealkylation sites (tertiary alicyclic amines) is 1. The van der Waals surface area contributed by atoms with Crippen molar-refractivity contribution >= 4 is 5.96 Å². The summed E-state index contributed by atoms with van der Waals surface area (Å²) < 4.78 is 0. The van der Waals surface area contributed by atoms with Gasteiger partial charge < -0.3 is 10.2 Å². The highest BCUT2D eigenvalue weighted by Gasteiger charge is 2.30. The Balaban J connectivity index is 2.04. The fraction of sp³-hybridized carbons (Fsp3) is 0.909. The normalized spacial score (nSPS) is 32.7. The van der Waals surface area contributed by atoms with E-state index in [4.69, 9.17) is 0 Å². The van der Waals surface area contributed by atoms with Crippen molar-refractivity contribution in [3.05, 3.63) is 0 Å². The van der Waals surface area contributed by atoms with Crippen LogP contribution in [0.5, 0.6) is 0 Å². The molecule has 1 saturated heterocycles. The number of nitrogens with one attached hydrogen (secondary N) is 1. The lowest BCUT2D eigenvalue weighted by molar-refractivity contribution is 0.360. The summed E-state index contributed by atoms with van der Waals surface area (Å²) in [6, 6.07) is 0.717. The van der Waals surface area contributed by atoms with Crippen LogP contribution in [0.1, 0.15) is 33.1 Å². The summed E-state index contributed by atoms with van der Waals surface area (Å²) in [7, 11) is 0. The molecule has 0 aromatic heterocycles. The molecular weight excluding hydrogens is 174 g/mol. The van der Waals surface area contributed by atoms with Gasteiger partial charge in [0.05, 0.1) is 0 Å². The van der Waals surface area contributed by atoms with E-state index in [-0.39, 0.29) is 0 Å². The summed E-state index contributed by atoms with van der Waals surface area (Å²) in [5, 5.41) is 3.42. The van der Waals surface area contributed by atoms with Crippen LogP contribution in [0.3, 0.4) is 0 Å². The SMILES string of the molecule is CCC1CC(C)CN1C1=NCCCN1. The van der Waals surface area contributed by atoms with Crippen molar-refractivity contribution in [3.8, 4) is 0 Å². The Morgan fingerprint density at radius 3 is 3.07 bits per heavy atom. The Morgan fingerprint density at radius 1 is 1.57 bits per heavy atom. The second-order valence-electron chi connectivity index (χ2n) is 4.54. The highest BCUT2D eigenvalue weighted by Crippen LogP contribution is 2.25. The molecule has 2 atom stereocenters. The lowest BCUT2D eigenvalue weighted by Crippen LogP contribution is -2.46. The van der Waals surface area contributed by atoms with E-state index >= 15 is 0 Å². The van der Waals surface area contributed by atoms with Gasteiger partial charge in [0.25, 0.3) is 0 Å². The fourth-order valence-electron chi connectivity index (χ4n) is 2.51. The summed E-state index contributed by atoms with van der Waals surface area (Å²) in [5.41, 5.74) is 0. The van der Waals surface area contributed by atoms with Crippen molar-refractivity contribution < 1.29 is 0 Å². The zero-order valence-electron chi connectivity index (χ0n) is 9.29. The minimum atomic E-state index is 0.717. The average molecular weight is 195 g/mol. The van der Waals surface area contributed by atoms with E-state index in [0.717, 1.165) is 25.0 Å². The van der Waals surface area contributed by atoms with Gasteiger partial charge in [-0.05, 0) is 25.2 Å². The molecule has 0 radical (unpaired) electrons. The summed E-state index contributed by atoms with van der Waals surface area (Å²) >= 11 is 0. The maximum Gasteiger partial charge on any atom is 0.194 e. The van der Waals surface area contributed by atoms with Gasteiger partial charge in [-0.25, -0.2) is 0 Å². The zero-order chi connectivity index (χ0) is 9.97. The lowest BCUT2D eigenvalue weighted by atomic mass is 10.1. The van der Waals surface area contributed by atoms with Crippen LogP contribution in [0.15, 0.2) is 4.99 Å². The van der Waals surface area contributed by atoms with Crippen LogP contribution >= 0.6 is 0 Å².